The van der Waals surface area contributed by atoms with E-state index in [-0.39, 0.29) is 11.6 Å². The number of carbonyl (C=O) groups excluding carboxylic acids is 1. The summed E-state index contributed by atoms with van der Waals surface area (Å²) in [4.78, 5) is 16.1. The van der Waals surface area contributed by atoms with E-state index in [0.29, 0.717) is 24.2 Å². The van der Waals surface area contributed by atoms with Gasteiger partial charge in [0.25, 0.3) is 0 Å². The molecule has 3 nitrogen and oxygen atoms in total. The van der Waals surface area contributed by atoms with Crippen LogP contribution in [0.15, 0.2) is 67.0 Å². The van der Waals surface area contributed by atoms with Gasteiger partial charge in [-0.25, -0.2) is 4.39 Å². The molecule has 1 heterocycles. The molecule has 0 fully saturated rings. The molecule has 27 heavy (non-hydrogen) atoms. The van der Waals surface area contributed by atoms with Gasteiger partial charge in [0.1, 0.15) is 17.3 Å². The molecule has 0 radical (unpaired) electrons. The van der Waals surface area contributed by atoms with Crippen molar-refractivity contribution < 1.29 is 13.9 Å². The first-order chi connectivity index (χ1) is 13.2. The average Bonchev–Trinajstić information content (AvgIpc) is 2.70. The second-order valence-corrected chi connectivity index (χ2v) is 6.47. The summed E-state index contributed by atoms with van der Waals surface area (Å²) in [5, 5.41) is 0. The Balaban J connectivity index is 1.54. The van der Waals surface area contributed by atoms with Crippen molar-refractivity contribution in [1.29, 1.82) is 0 Å². The molecule has 0 amide bonds. The minimum absolute atomic E-state index is 0.220. The molecule has 1 aromatic heterocycles. The van der Waals surface area contributed by atoms with Gasteiger partial charge < -0.3 is 4.74 Å². The van der Waals surface area contributed by atoms with Crippen LogP contribution >= 0.6 is 0 Å². The number of aromatic nitrogens is 1. The Bertz CT molecular complexity index is 892. The molecule has 3 aromatic rings. The Hall–Kier alpha value is -3.01. The van der Waals surface area contributed by atoms with Gasteiger partial charge >= 0.3 is 0 Å². The lowest BCUT2D eigenvalue weighted by Gasteiger charge is -2.08. The van der Waals surface area contributed by atoms with Gasteiger partial charge in [-0.1, -0.05) is 30.3 Å². The van der Waals surface area contributed by atoms with Crippen LogP contribution in [0.5, 0.6) is 5.75 Å². The van der Waals surface area contributed by atoms with E-state index in [4.69, 9.17) is 4.74 Å². The van der Waals surface area contributed by atoms with E-state index in [1.807, 2.05) is 36.4 Å². The number of hydrogen-bond acceptors (Lipinski definition) is 3. The fraction of sp³-hybridized carbons (Fsp3) is 0.217. The van der Waals surface area contributed by atoms with Crippen LogP contribution in [0, 0.1) is 5.82 Å². The van der Waals surface area contributed by atoms with Crippen LogP contribution in [0.3, 0.4) is 0 Å². The van der Waals surface area contributed by atoms with Gasteiger partial charge in [-0.15, -0.1) is 0 Å². The van der Waals surface area contributed by atoms with E-state index in [1.165, 1.54) is 6.07 Å². The van der Waals surface area contributed by atoms with Gasteiger partial charge in [-0.3, -0.25) is 9.78 Å². The van der Waals surface area contributed by atoms with Crippen molar-refractivity contribution in [2.24, 2.45) is 0 Å². The van der Waals surface area contributed by atoms with Crippen molar-refractivity contribution in [3.63, 3.8) is 0 Å². The van der Waals surface area contributed by atoms with Crippen molar-refractivity contribution >= 4 is 5.78 Å². The summed E-state index contributed by atoms with van der Waals surface area (Å²) >= 11 is 0. The quantitative estimate of drug-likeness (QED) is 0.563. The van der Waals surface area contributed by atoms with E-state index >= 15 is 0 Å². The fourth-order valence-corrected chi connectivity index (χ4v) is 3.01. The van der Waals surface area contributed by atoms with E-state index in [9.17, 15) is 9.18 Å². The number of ketones is 1. The van der Waals surface area contributed by atoms with Crippen LogP contribution in [-0.4, -0.2) is 17.9 Å². The van der Waals surface area contributed by atoms with Crippen LogP contribution in [0.25, 0.3) is 11.1 Å². The SMILES string of the molecule is COc1ccc(F)c(-c2ccc(CCCC(=O)Cc3cccnc3)cc2)c1. The summed E-state index contributed by atoms with van der Waals surface area (Å²) in [5.41, 5.74) is 3.42. The smallest absolute Gasteiger partial charge is 0.137 e. The molecule has 0 atom stereocenters. The highest BCUT2D eigenvalue weighted by atomic mass is 19.1. The number of halogens is 1. The van der Waals surface area contributed by atoms with E-state index in [2.05, 4.69) is 4.98 Å². The summed E-state index contributed by atoms with van der Waals surface area (Å²) in [6.45, 7) is 0. The van der Waals surface area contributed by atoms with Gasteiger partial charge in [-0.05, 0) is 53.8 Å². The third kappa shape index (κ3) is 5.23. The fourth-order valence-electron chi connectivity index (χ4n) is 3.01. The third-order valence-electron chi connectivity index (χ3n) is 4.48. The Labute approximate surface area is 158 Å². The van der Waals surface area contributed by atoms with Crippen LogP contribution in [0.1, 0.15) is 24.0 Å². The molecule has 0 bridgehead atoms. The number of nitrogens with zero attached hydrogens (tertiary/aromatic N) is 1. The average molecular weight is 363 g/mol. The highest BCUT2D eigenvalue weighted by Crippen LogP contribution is 2.27. The summed E-state index contributed by atoms with van der Waals surface area (Å²) in [7, 11) is 1.57. The minimum atomic E-state index is -0.274. The number of aryl methyl sites for hydroxylation is 1. The number of benzene rings is 2. The monoisotopic (exact) mass is 363 g/mol. The minimum Gasteiger partial charge on any atom is -0.497 e. The van der Waals surface area contributed by atoms with Gasteiger partial charge in [0.15, 0.2) is 0 Å². The van der Waals surface area contributed by atoms with Gasteiger partial charge in [-0.2, -0.15) is 0 Å². The number of ether oxygens (including phenoxy) is 1. The van der Waals surface area contributed by atoms with Crippen molar-refractivity contribution in [1.82, 2.24) is 4.98 Å². The van der Waals surface area contributed by atoms with E-state index < -0.39 is 0 Å². The highest BCUT2D eigenvalue weighted by molar-refractivity contribution is 5.80. The molecular weight excluding hydrogens is 341 g/mol. The van der Waals surface area contributed by atoms with E-state index in [1.54, 1.807) is 31.6 Å². The molecule has 3 rings (SSSR count). The van der Waals surface area contributed by atoms with Gasteiger partial charge in [0, 0.05) is 30.8 Å². The zero-order chi connectivity index (χ0) is 19.1. The number of carbonyl (C=O) groups is 1. The largest absolute Gasteiger partial charge is 0.497 e. The zero-order valence-electron chi connectivity index (χ0n) is 15.3. The van der Waals surface area contributed by atoms with Crippen LogP contribution in [-0.2, 0) is 17.6 Å². The second kappa shape index (κ2) is 9.08. The number of Topliss-reactive ketones (excluding diaryl/α,β-unsaturated/α-hetero) is 1. The standard InChI is InChI=1S/C23H22FNO2/c1-27-21-11-12-23(24)22(15-21)19-9-7-17(8-10-19)4-2-6-20(26)14-18-5-3-13-25-16-18/h3,5,7-13,15-16H,2,4,6,14H2,1H3. The van der Waals surface area contributed by atoms with Crippen molar-refractivity contribution in [2.75, 3.05) is 7.11 Å². The number of pyridine rings is 1. The maximum Gasteiger partial charge on any atom is 0.137 e. The summed E-state index contributed by atoms with van der Waals surface area (Å²) in [5.74, 6) is 0.574. The van der Waals surface area contributed by atoms with Crippen molar-refractivity contribution in [3.05, 3.63) is 83.9 Å². The number of hydrogen-bond donors (Lipinski definition) is 0. The predicted octanol–water partition coefficient (Wildman–Crippen LogP) is 5.03. The molecule has 0 N–H and O–H groups in total. The molecule has 0 spiro atoms. The zero-order valence-corrected chi connectivity index (χ0v) is 15.3. The maximum atomic E-state index is 14.1. The van der Waals surface area contributed by atoms with Crippen LogP contribution < -0.4 is 4.74 Å². The Morgan fingerprint density at radius 2 is 1.89 bits per heavy atom. The lowest BCUT2D eigenvalue weighted by molar-refractivity contribution is -0.118. The molecule has 0 aliphatic rings. The molecule has 4 heteroatoms. The van der Waals surface area contributed by atoms with Crippen LogP contribution in [0.2, 0.25) is 0 Å². The van der Waals surface area contributed by atoms with Crippen LogP contribution in [0.4, 0.5) is 4.39 Å². The maximum absolute atomic E-state index is 14.1. The Morgan fingerprint density at radius 3 is 2.59 bits per heavy atom. The summed E-state index contributed by atoms with van der Waals surface area (Å²) < 4.78 is 19.2. The van der Waals surface area contributed by atoms with Gasteiger partial charge in [0.05, 0.1) is 7.11 Å². The highest BCUT2D eigenvalue weighted by Gasteiger charge is 2.08. The lowest BCUT2D eigenvalue weighted by atomic mass is 10.00. The topological polar surface area (TPSA) is 39.2 Å². The van der Waals surface area contributed by atoms with E-state index in [0.717, 1.165) is 29.5 Å². The van der Waals surface area contributed by atoms with Gasteiger partial charge in [0.2, 0.25) is 0 Å². The molecule has 0 unspecified atom stereocenters. The molecule has 0 saturated carbocycles. The Kier molecular flexibility index (Phi) is 6.31. The first-order valence-corrected chi connectivity index (χ1v) is 8.99. The second-order valence-electron chi connectivity index (χ2n) is 6.47. The molecular formula is C23H22FNO2. The lowest BCUT2D eigenvalue weighted by Crippen LogP contribution is -2.03. The van der Waals surface area contributed by atoms with Crippen molar-refractivity contribution in [3.8, 4) is 16.9 Å². The summed E-state index contributed by atoms with van der Waals surface area (Å²) in [6, 6.07) is 16.3. The number of rotatable bonds is 8. The molecule has 0 aliphatic heterocycles. The van der Waals surface area contributed by atoms with Crippen molar-refractivity contribution in [2.45, 2.75) is 25.7 Å². The molecule has 0 saturated heterocycles. The molecule has 138 valence electrons. The normalized spacial score (nSPS) is 10.6. The molecule has 2 aromatic carbocycles. The Morgan fingerprint density at radius 1 is 1.07 bits per heavy atom. The first-order valence-electron chi connectivity index (χ1n) is 8.99. The molecule has 0 aliphatic carbocycles. The predicted molar refractivity (Wildman–Crippen MR) is 104 cm³/mol. The third-order valence-corrected chi connectivity index (χ3v) is 4.48. The first kappa shape index (κ1) is 18.8. The summed E-state index contributed by atoms with van der Waals surface area (Å²) in [6.07, 6.45) is 6.03. The number of methoxy groups -OCH3 is 1.